The monoisotopic (exact) mass is 428 g/mol. The average Bonchev–Trinajstić information content (AvgIpc) is 3.37. The quantitative estimate of drug-likeness (QED) is 0.478. The molecule has 4 rings (SSSR count). The lowest BCUT2D eigenvalue weighted by atomic mass is 9.99. The first-order chi connectivity index (χ1) is 14.4. The number of hydrogen-bond donors (Lipinski definition) is 1. The molecule has 0 bridgehead atoms. The third-order valence-electron chi connectivity index (χ3n) is 5.76. The van der Waals surface area contributed by atoms with Crippen LogP contribution in [0.3, 0.4) is 0 Å². The Balaban J connectivity index is 1.70. The first kappa shape index (κ1) is 20.5. The number of nitrogens with one attached hydrogen (secondary N) is 1. The van der Waals surface area contributed by atoms with Gasteiger partial charge in [0.2, 0.25) is 0 Å². The Morgan fingerprint density at radius 1 is 1.43 bits per heavy atom. The lowest BCUT2D eigenvalue weighted by Crippen LogP contribution is -2.33. The standard InChI is InChI=1S/C21H24N4O4S/c1-12-10-17(29-3)15(14-7-8-22-18(12)14)11-24-9-5-4-6-16(24)20-23-13(2)19(30-20)21(26)25(27)28/h7-8,10,16,22H,4-6,9,11H2,1-3H3. The molecule has 30 heavy (non-hydrogen) atoms. The minimum absolute atomic E-state index is 0.0238. The molecule has 1 unspecified atom stereocenters. The highest BCUT2D eigenvalue weighted by Gasteiger charge is 2.32. The van der Waals surface area contributed by atoms with Crippen LogP contribution in [-0.2, 0) is 6.54 Å². The molecule has 158 valence electrons. The number of amides is 1. The van der Waals surface area contributed by atoms with Crippen molar-refractivity contribution in [1.82, 2.24) is 14.9 Å². The highest BCUT2D eigenvalue weighted by atomic mass is 32.1. The summed E-state index contributed by atoms with van der Waals surface area (Å²) in [6.45, 7) is 5.29. The SMILES string of the molecule is COc1cc(C)c2[nH]ccc2c1CN1CCCCC1c1nc(C)c(C(=O)[N+](=O)[O-])s1. The Hall–Kier alpha value is -2.78. The maximum absolute atomic E-state index is 11.9. The van der Waals surface area contributed by atoms with E-state index in [0.717, 1.165) is 69.9 Å². The number of aryl methyl sites for hydroxylation is 2. The summed E-state index contributed by atoms with van der Waals surface area (Å²) in [6, 6.07) is 4.14. The lowest BCUT2D eigenvalue weighted by Gasteiger charge is -2.35. The van der Waals surface area contributed by atoms with Gasteiger partial charge in [0.15, 0.2) is 4.88 Å². The van der Waals surface area contributed by atoms with Crippen molar-refractivity contribution in [2.24, 2.45) is 0 Å². The zero-order valence-corrected chi connectivity index (χ0v) is 18.0. The van der Waals surface area contributed by atoms with Crippen LogP contribution in [0.15, 0.2) is 18.3 Å². The second-order valence-electron chi connectivity index (χ2n) is 7.65. The Morgan fingerprint density at radius 3 is 2.97 bits per heavy atom. The summed E-state index contributed by atoms with van der Waals surface area (Å²) in [5.41, 5.74) is 3.77. The van der Waals surface area contributed by atoms with Gasteiger partial charge in [0.25, 0.3) is 0 Å². The van der Waals surface area contributed by atoms with Gasteiger partial charge in [0.05, 0.1) is 18.8 Å². The van der Waals surface area contributed by atoms with E-state index in [4.69, 9.17) is 4.74 Å². The van der Waals surface area contributed by atoms with Gasteiger partial charge in [-0.3, -0.25) is 15.0 Å². The number of rotatable bonds is 5. The highest BCUT2D eigenvalue weighted by molar-refractivity contribution is 7.13. The molecule has 2 aromatic heterocycles. The van der Waals surface area contributed by atoms with Gasteiger partial charge < -0.3 is 9.72 Å². The number of carbonyl (C=O) groups is 1. The fourth-order valence-corrected chi connectivity index (χ4v) is 5.44. The van der Waals surface area contributed by atoms with E-state index >= 15 is 0 Å². The van der Waals surface area contributed by atoms with Crippen LogP contribution in [0.25, 0.3) is 10.9 Å². The van der Waals surface area contributed by atoms with E-state index in [1.165, 1.54) is 0 Å². The second kappa shape index (κ2) is 8.16. The maximum atomic E-state index is 11.9. The molecule has 1 fully saturated rings. The number of carbonyl (C=O) groups excluding carboxylic acids is 1. The molecule has 1 aliphatic rings. The van der Waals surface area contributed by atoms with E-state index in [-0.39, 0.29) is 10.9 Å². The molecule has 1 aliphatic heterocycles. The number of fused-ring (bicyclic) bond motifs is 1. The van der Waals surface area contributed by atoms with Gasteiger partial charge in [0.1, 0.15) is 15.7 Å². The predicted octanol–water partition coefficient (Wildman–Crippen LogP) is 4.39. The first-order valence-corrected chi connectivity index (χ1v) is 10.8. The third-order valence-corrected chi connectivity index (χ3v) is 7.01. The molecule has 8 nitrogen and oxygen atoms in total. The molecule has 0 spiro atoms. The fourth-order valence-electron chi connectivity index (χ4n) is 4.29. The molecule has 3 heterocycles. The molecule has 0 radical (unpaired) electrons. The van der Waals surface area contributed by atoms with Gasteiger partial charge in [-0.2, -0.15) is 0 Å². The number of aromatic nitrogens is 2. The van der Waals surface area contributed by atoms with E-state index in [2.05, 4.69) is 33.9 Å². The lowest BCUT2D eigenvalue weighted by molar-refractivity contribution is -0.374. The summed E-state index contributed by atoms with van der Waals surface area (Å²) >= 11 is 1.15. The largest absolute Gasteiger partial charge is 0.496 e. The van der Waals surface area contributed by atoms with Gasteiger partial charge in [-0.05, 0) is 50.9 Å². The number of methoxy groups -OCH3 is 1. The molecule has 1 amide bonds. The van der Waals surface area contributed by atoms with Crippen LogP contribution in [-0.4, -0.2) is 39.4 Å². The smallest absolute Gasteiger partial charge is 0.488 e. The minimum atomic E-state index is -1.08. The Bertz CT molecular complexity index is 1120. The second-order valence-corrected chi connectivity index (χ2v) is 8.68. The van der Waals surface area contributed by atoms with Crippen molar-refractivity contribution in [3.8, 4) is 5.75 Å². The topological polar surface area (TPSA) is 101 Å². The summed E-state index contributed by atoms with van der Waals surface area (Å²) in [5, 5.41) is 12.9. The average molecular weight is 429 g/mol. The van der Waals surface area contributed by atoms with Crippen molar-refractivity contribution in [3.63, 3.8) is 0 Å². The minimum Gasteiger partial charge on any atom is -0.496 e. The van der Waals surface area contributed by atoms with E-state index in [1.807, 2.05) is 6.20 Å². The van der Waals surface area contributed by atoms with Crippen LogP contribution in [0.5, 0.6) is 5.75 Å². The fraction of sp³-hybridized carbons (Fsp3) is 0.429. The van der Waals surface area contributed by atoms with Gasteiger partial charge in [-0.15, -0.1) is 11.3 Å². The van der Waals surface area contributed by atoms with Gasteiger partial charge >= 0.3 is 5.91 Å². The first-order valence-electron chi connectivity index (χ1n) is 9.94. The van der Waals surface area contributed by atoms with Crippen molar-refractivity contribution >= 4 is 28.1 Å². The van der Waals surface area contributed by atoms with Crippen LogP contribution in [0.4, 0.5) is 0 Å². The van der Waals surface area contributed by atoms with Crippen LogP contribution in [0.2, 0.25) is 0 Å². The molecule has 1 atom stereocenters. The zero-order valence-electron chi connectivity index (χ0n) is 17.2. The van der Waals surface area contributed by atoms with Gasteiger partial charge in [-0.1, -0.05) is 6.42 Å². The molecule has 3 aromatic rings. The van der Waals surface area contributed by atoms with E-state index in [9.17, 15) is 14.9 Å². The number of aromatic amines is 1. The summed E-state index contributed by atoms with van der Waals surface area (Å²) in [7, 11) is 1.68. The molecule has 1 saturated heterocycles. The number of ether oxygens (including phenoxy) is 1. The summed E-state index contributed by atoms with van der Waals surface area (Å²) in [4.78, 5) is 32.3. The molecular weight excluding hydrogens is 404 g/mol. The zero-order chi connectivity index (χ0) is 21.4. The van der Waals surface area contributed by atoms with Crippen molar-refractivity contribution in [2.45, 2.75) is 45.7 Å². The Labute approximate surface area is 178 Å². The number of thiazole rings is 1. The van der Waals surface area contributed by atoms with Crippen molar-refractivity contribution < 1.29 is 14.5 Å². The van der Waals surface area contributed by atoms with Crippen molar-refractivity contribution in [1.29, 1.82) is 0 Å². The number of benzene rings is 1. The summed E-state index contributed by atoms with van der Waals surface area (Å²) in [5.74, 6) is -0.226. The number of nitrogens with zero attached hydrogens (tertiary/aromatic N) is 3. The van der Waals surface area contributed by atoms with Crippen LogP contribution >= 0.6 is 11.3 Å². The van der Waals surface area contributed by atoms with Crippen molar-refractivity contribution in [3.05, 3.63) is 55.1 Å². The Morgan fingerprint density at radius 2 is 2.23 bits per heavy atom. The number of hydrogen-bond acceptors (Lipinski definition) is 7. The van der Waals surface area contributed by atoms with Gasteiger partial charge in [-0.25, -0.2) is 9.78 Å². The van der Waals surface area contributed by atoms with E-state index < -0.39 is 10.8 Å². The maximum Gasteiger partial charge on any atom is 0.488 e. The third kappa shape index (κ3) is 3.59. The molecule has 9 heteroatoms. The van der Waals surface area contributed by atoms with E-state index in [0.29, 0.717) is 12.2 Å². The molecule has 1 N–H and O–H groups in total. The Kier molecular flexibility index (Phi) is 5.57. The normalized spacial score (nSPS) is 17.4. The summed E-state index contributed by atoms with van der Waals surface area (Å²) in [6.07, 6.45) is 4.98. The van der Waals surface area contributed by atoms with Gasteiger partial charge in [0, 0.05) is 29.2 Å². The van der Waals surface area contributed by atoms with Crippen molar-refractivity contribution in [2.75, 3.05) is 13.7 Å². The predicted molar refractivity (Wildman–Crippen MR) is 115 cm³/mol. The van der Waals surface area contributed by atoms with Crippen LogP contribution in [0, 0.1) is 24.0 Å². The summed E-state index contributed by atoms with van der Waals surface area (Å²) < 4.78 is 5.69. The molecular formula is C21H24N4O4S. The molecule has 0 saturated carbocycles. The molecule has 1 aromatic carbocycles. The van der Waals surface area contributed by atoms with Crippen LogP contribution in [0.1, 0.15) is 56.8 Å². The van der Waals surface area contributed by atoms with Crippen LogP contribution < -0.4 is 4.74 Å². The van der Waals surface area contributed by atoms with E-state index in [1.54, 1.807) is 14.0 Å². The molecule has 0 aliphatic carbocycles. The number of likely N-dealkylation sites (tertiary alicyclic amines) is 1. The number of nitro groups is 1. The highest BCUT2D eigenvalue weighted by Crippen LogP contribution is 2.38. The number of H-pyrrole nitrogens is 1. The number of piperidine rings is 1.